The Labute approximate surface area is 210 Å². The van der Waals surface area contributed by atoms with Gasteiger partial charge in [0.15, 0.2) is 0 Å². The Bertz CT molecular complexity index is 1020. The van der Waals surface area contributed by atoms with Crippen molar-refractivity contribution in [1.82, 2.24) is 0 Å². The van der Waals surface area contributed by atoms with Crippen molar-refractivity contribution >= 4 is 11.9 Å². The van der Waals surface area contributed by atoms with Gasteiger partial charge in [-0.05, 0) is 56.4 Å². The van der Waals surface area contributed by atoms with Crippen molar-refractivity contribution < 1.29 is 48.1 Å². The van der Waals surface area contributed by atoms with Crippen LogP contribution < -0.4 is 18.9 Å². The molecular formula is C26H30O10. The molecule has 0 aliphatic heterocycles. The maximum absolute atomic E-state index is 12.9. The molecule has 36 heavy (non-hydrogen) atoms. The summed E-state index contributed by atoms with van der Waals surface area (Å²) < 4.78 is 21.0. The molecule has 0 N–H and O–H groups in total. The Balaban J connectivity index is 1.74. The van der Waals surface area contributed by atoms with Gasteiger partial charge in [-0.25, -0.2) is 9.59 Å². The summed E-state index contributed by atoms with van der Waals surface area (Å²) in [6.07, 6.45) is 0.367. The Kier molecular flexibility index (Phi) is 9.00. The van der Waals surface area contributed by atoms with Crippen LogP contribution in [0.4, 0.5) is 0 Å². The predicted molar refractivity (Wildman–Crippen MR) is 127 cm³/mol. The van der Waals surface area contributed by atoms with E-state index >= 15 is 0 Å². The van der Waals surface area contributed by atoms with E-state index in [2.05, 4.69) is 13.8 Å². The average molecular weight is 503 g/mol. The molecule has 1 aliphatic carbocycles. The Morgan fingerprint density at radius 1 is 0.806 bits per heavy atom. The molecule has 0 heterocycles. The molecule has 0 saturated heterocycles. The molecule has 0 aromatic heterocycles. The molecule has 3 unspecified atom stereocenters. The van der Waals surface area contributed by atoms with Gasteiger partial charge in [-0.3, -0.25) is 9.78 Å². The molecule has 2 aromatic carbocycles. The standard InChI is InChI=1S/C26H30O10/c1-16-13-14-26(2,36-35-25(28)23-19(31-5)11-8-12-20(23)32-6)21(15-16)33-34-24(27)22-17(29-3)9-7-10-18(22)30-4/h7-12,16,21H,1-2,13-15H2,3-6H3. The maximum atomic E-state index is 12.9. The van der Waals surface area contributed by atoms with Gasteiger partial charge in [0.05, 0.1) is 28.4 Å². The van der Waals surface area contributed by atoms with Crippen molar-refractivity contribution in [3.63, 3.8) is 0 Å². The van der Waals surface area contributed by atoms with Crippen LogP contribution in [0.3, 0.4) is 0 Å². The van der Waals surface area contributed by atoms with Crippen LogP contribution in [0, 0.1) is 19.8 Å². The zero-order valence-electron chi connectivity index (χ0n) is 20.7. The molecule has 0 bridgehead atoms. The minimum Gasteiger partial charge on any atom is -0.496 e. The third-order valence-corrected chi connectivity index (χ3v) is 5.90. The fourth-order valence-electron chi connectivity index (χ4n) is 3.88. The predicted octanol–water partition coefficient (Wildman–Crippen LogP) is 4.17. The van der Waals surface area contributed by atoms with Crippen LogP contribution >= 0.6 is 0 Å². The Morgan fingerprint density at radius 2 is 1.25 bits per heavy atom. The molecule has 0 spiro atoms. The molecule has 3 atom stereocenters. The Morgan fingerprint density at radius 3 is 1.69 bits per heavy atom. The van der Waals surface area contributed by atoms with E-state index < -0.39 is 23.6 Å². The van der Waals surface area contributed by atoms with Gasteiger partial charge < -0.3 is 18.9 Å². The zero-order valence-corrected chi connectivity index (χ0v) is 20.7. The van der Waals surface area contributed by atoms with E-state index in [9.17, 15) is 9.59 Å². The summed E-state index contributed by atoms with van der Waals surface area (Å²) in [5.74, 6) is -0.730. The molecule has 1 aliphatic rings. The smallest absolute Gasteiger partial charge is 0.380 e. The molecular weight excluding hydrogens is 472 g/mol. The lowest BCUT2D eigenvalue weighted by atomic mass is 9.78. The summed E-state index contributed by atoms with van der Waals surface area (Å²) >= 11 is 0. The van der Waals surface area contributed by atoms with Crippen LogP contribution in [-0.4, -0.2) is 52.1 Å². The van der Waals surface area contributed by atoms with Gasteiger partial charge in [0.25, 0.3) is 0 Å². The first-order valence-corrected chi connectivity index (χ1v) is 11.2. The molecule has 10 nitrogen and oxygen atoms in total. The van der Waals surface area contributed by atoms with E-state index in [4.69, 9.17) is 38.5 Å². The van der Waals surface area contributed by atoms with Gasteiger partial charge >= 0.3 is 11.9 Å². The second-order valence-corrected chi connectivity index (χ2v) is 8.19. The highest BCUT2D eigenvalue weighted by molar-refractivity contribution is 5.96. The Hall–Kier alpha value is -3.50. The lowest BCUT2D eigenvalue weighted by molar-refractivity contribution is -0.380. The van der Waals surface area contributed by atoms with Gasteiger partial charge in [-0.2, -0.15) is 9.78 Å². The van der Waals surface area contributed by atoms with Gasteiger partial charge in [0.2, 0.25) is 0 Å². The van der Waals surface area contributed by atoms with Gasteiger partial charge in [0.1, 0.15) is 45.8 Å². The van der Waals surface area contributed by atoms with Crippen molar-refractivity contribution in [3.8, 4) is 23.0 Å². The summed E-state index contributed by atoms with van der Waals surface area (Å²) in [6.45, 7) is 8.12. The first-order valence-electron chi connectivity index (χ1n) is 11.2. The third kappa shape index (κ3) is 5.83. The lowest BCUT2D eigenvalue weighted by Crippen LogP contribution is -2.49. The number of carbonyl (C=O) groups excluding carboxylic acids is 2. The second kappa shape index (κ2) is 12.0. The van der Waals surface area contributed by atoms with E-state index in [-0.39, 0.29) is 40.0 Å². The van der Waals surface area contributed by atoms with Gasteiger partial charge in [0, 0.05) is 0 Å². The van der Waals surface area contributed by atoms with Crippen molar-refractivity contribution in [3.05, 3.63) is 61.4 Å². The quantitative estimate of drug-likeness (QED) is 0.347. The van der Waals surface area contributed by atoms with E-state index in [0.29, 0.717) is 19.3 Å². The van der Waals surface area contributed by atoms with Crippen LogP contribution in [0.25, 0.3) is 0 Å². The highest BCUT2D eigenvalue weighted by atomic mass is 17.2. The van der Waals surface area contributed by atoms with E-state index in [1.54, 1.807) is 36.4 Å². The SMILES string of the molecule is [CH2]C1CCC([CH2])(OOC(=O)c2c(OC)cccc2OC)C(OOC(=O)c2c(OC)cccc2OC)C1. The zero-order chi connectivity index (χ0) is 26.3. The third-order valence-electron chi connectivity index (χ3n) is 5.90. The number of methoxy groups -OCH3 is 4. The largest absolute Gasteiger partial charge is 0.496 e. The molecule has 1 fully saturated rings. The summed E-state index contributed by atoms with van der Waals surface area (Å²) in [5.41, 5.74) is -1.29. The van der Waals surface area contributed by atoms with Crippen molar-refractivity contribution in [1.29, 1.82) is 0 Å². The van der Waals surface area contributed by atoms with Crippen molar-refractivity contribution in [2.24, 2.45) is 5.92 Å². The average Bonchev–Trinajstić information content (AvgIpc) is 2.90. The van der Waals surface area contributed by atoms with Crippen molar-refractivity contribution in [2.45, 2.75) is 31.0 Å². The molecule has 2 radical (unpaired) electrons. The van der Waals surface area contributed by atoms with E-state index in [0.717, 1.165) is 0 Å². The van der Waals surface area contributed by atoms with Crippen LogP contribution in [-0.2, 0) is 19.6 Å². The van der Waals surface area contributed by atoms with Crippen LogP contribution in [0.15, 0.2) is 36.4 Å². The number of benzene rings is 2. The number of carbonyl (C=O) groups is 2. The minimum absolute atomic E-state index is 0.0296. The van der Waals surface area contributed by atoms with E-state index in [1.807, 2.05) is 0 Å². The molecule has 0 amide bonds. The molecule has 2 aromatic rings. The minimum atomic E-state index is -1.38. The topological polar surface area (TPSA) is 108 Å². The first-order chi connectivity index (χ1) is 17.3. The van der Waals surface area contributed by atoms with Crippen LogP contribution in [0.1, 0.15) is 40.0 Å². The molecule has 3 rings (SSSR count). The first kappa shape index (κ1) is 27.1. The van der Waals surface area contributed by atoms with Crippen molar-refractivity contribution in [2.75, 3.05) is 28.4 Å². The molecule has 1 saturated carbocycles. The highest BCUT2D eigenvalue weighted by Crippen LogP contribution is 2.38. The normalized spacial score (nSPS) is 21.3. The summed E-state index contributed by atoms with van der Waals surface area (Å²) in [4.78, 5) is 47.0. The fourth-order valence-corrected chi connectivity index (χ4v) is 3.88. The van der Waals surface area contributed by atoms with E-state index in [1.165, 1.54) is 28.4 Å². The maximum Gasteiger partial charge on any atom is 0.380 e. The van der Waals surface area contributed by atoms with Gasteiger partial charge in [-0.15, -0.1) is 0 Å². The monoisotopic (exact) mass is 502 g/mol. The summed E-state index contributed by atoms with van der Waals surface area (Å²) in [5, 5.41) is 0. The highest BCUT2D eigenvalue weighted by Gasteiger charge is 2.45. The summed E-state index contributed by atoms with van der Waals surface area (Å²) in [7, 11) is 5.67. The lowest BCUT2D eigenvalue weighted by Gasteiger charge is -2.39. The molecule has 10 heteroatoms. The summed E-state index contributed by atoms with van der Waals surface area (Å²) in [6, 6.07) is 9.69. The van der Waals surface area contributed by atoms with Gasteiger partial charge in [-0.1, -0.05) is 19.1 Å². The number of hydrogen-bond donors (Lipinski definition) is 0. The second-order valence-electron chi connectivity index (χ2n) is 8.19. The fraction of sp³-hybridized carbons (Fsp3) is 0.385. The van der Waals surface area contributed by atoms with Crippen LogP contribution in [0.2, 0.25) is 0 Å². The van der Waals surface area contributed by atoms with Crippen LogP contribution in [0.5, 0.6) is 23.0 Å². The number of hydrogen-bond acceptors (Lipinski definition) is 10. The number of rotatable bonds is 10. The number of ether oxygens (including phenoxy) is 4. The molecule has 194 valence electrons.